The van der Waals surface area contributed by atoms with Gasteiger partial charge in [-0.3, -0.25) is 14.6 Å². The molecule has 1 spiro atoms. The number of likely N-dealkylation sites (tertiary alicyclic amines) is 2. The van der Waals surface area contributed by atoms with E-state index in [2.05, 4.69) is 72.7 Å². The molecule has 4 heterocycles. The molecule has 2 fully saturated rings. The first-order valence-corrected chi connectivity index (χ1v) is 14.4. The van der Waals surface area contributed by atoms with Gasteiger partial charge in [0.2, 0.25) is 0 Å². The van der Waals surface area contributed by atoms with Gasteiger partial charge in [0.1, 0.15) is 11.6 Å². The molecule has 0 bridgehead atoms. The Balaban J connectivity index is 1.20. The third kappa shape index (κ3) is 6.59. The van der Waals surface area contributed by atoms with E-state index in [9.17, 15) is 9.90 Å². The van der Waals surface area contributed by atoms with Crippen molar-refractivity contribution < 1.29 is 9.90 Å². The molecule has 2 aliphatic rings. The smallest absolute Gasteiger partial charge is 0.308 e. The molecule has 0 saturated carbocycles. The van der Waals surface area contributed by atoms with E-state index in [0.717, 1.165) is 70.1 Å². The predicted molar refractivity (Wildman–Crippen MR) is 151 cm³/mol. The van der Waals surface area contributed by atoms with Gasteiger partial charge < -0.3 is 20.0 Å². The van der Waals surface area contributed by atoms with Crippen LogP contribution in [0.15, 0.2) is 49.1 Å². The number of benzene rings is 1. The molecule has 2 aliphatic heterocycles. The summed E-state index contributed by atoms with van der Waals surface area (Å²) in [4.78, 5) is 34.8. The summed E-state index contributed by atoms with van der Waals surface area (Å²) in [7, 11) is 0. The highest BCUT2D eigenvalue weighted by Crippen LogP contribution is 2.45. The average molecular weight is 534 g/mol. The molecule has 0 aliphatic carbocycles. The summed E-state index contributed by atoms with van der Waals surface area (Å²) in [6.45, 7) is 11.1. The predicted octanol–water partition coefficient (Wildman–Crippen LogP) is 4.12. The van der Waals surface area contributed by atoms with Crippen LogP contribution in [0.2, 0.25) is 0 Å². The van der Waals surface area contributed by atoms with Crippen molar-refractivity contribution in [3.63, 3.8) is 0 Å². The molecule has 1 atom stereocenters. The summed E-state index contributed by atoms with van der Waals surface area (Å²) in [5.74, 6) is 0.953. The maximum Gasteiger partial charge on any atom is 0.308 e. The van der Waals surface area contributed by atoms with E-state index in [1.54, 1.807) is 12.4 Å². The zero-order valence-electron chi connectivity index (χ0n) is 23.4. The maximum absolute atomic E-state index is 12.3. The quantitative estimate of drug-likeness (QED) is 0.322. The SMILES string of the molecule is CCC(CC)N1CCC2(CC1)CN(Cc1ccc(CN(Cc3ncc[nH]3)Cc3ncc[nH]3)cc1)CC2C(=O)O. The first-order valence-electron chi connectivity index (χ1n) is 14.4. The molecule has 0 amide bonds. The molecule has 210 valence electrons. The normalized spacial score (nSPS) is 19.9. The lowest BCUT2D eigenvalue weighted by molar-refractivity contribution is -0.146. The van der Waals surface area contributed by atoms with Crippen LogP contribution in [0.4, 0.5) is 0 Å². The Morgan fingerprint density at radius 3 is 2.10 bits per heavy atom. The third-order valence-electron chi connectivity index (χ3n) is 8.96. The third-order valence-corrected chi connectivity index (χ3v) is 8.96. The molecule has 0 radical (unpaired) electrons. The molecule has 39 heavy (non-hydrogen) atoms. The number of rotatable bonds is 12. The fourth-order valence-corrected chi connectivity index (χ4v) is 6.81. The Hall–Kier alpha value is -3.01. The number of aromatic amines is 2. The van der Waals surface area contributed by atoms with Gasteiger partial charge in [0, 0.05) is 62.4 Å². The monoisotopic (exact) mass is 533 g/mol. The molecule has 3 N–H and O–H groups in total. The van der Waals surface area contributed by atoms with Crippen LogP contribution in [0.25, 0.3) is 0 Å². The number of aliphatic carboxylic acids is 1. The summed E-state index contributed by atoms with van der Waals surface area (Å²) < 4.78 is 0. The molecule has 1 unspecified atom stereocenters. The minimum Gasteiger partial charge on any atom is -0.481 e. The molecular weight excluding hydrogens is 490 g/mol. The number of nitrogens with zero attached hydrogens (tertiary/aromatic N) is 5. The Bertz CT molecular complexity index is 1110. The van der Waals surface area contributed by atoms with Crippen molar-refractivity contribution in [3.8, 4) is 0 Å². The number of hydrogen-bond donors (Lipinski definition) is 3. The zero-order valence-corrected chi connectivity index (χ0v) is 23.4. The van der Waals surface area contributed by atoms with Crippen LogP contribution >= 0.6 is 0 Å². The fourth-order valence-electron chi connectivity index (χ4n) is 6.81. The van der Waals surface area contributed by atoms with Gasteiger partial charge in [-0.2, -0.15) is 0 Å². The first-order chi connectivity index (χ1) is 19.0. The van der Waals surface area contributed by atoms with Crippen molar-refractivity contribution in [2.24, 2.45) is 11.3 Å². The van der Waals surface area contributed by atoms with Crippen molar-refractivity contribution in [2.75, 3.05) is 26.2 Å². The summed E-state index contributed by atoms with van der Waals surface area (Å²) in [6.07, 6.45) is 11.6. The van der Waals surface area contributed by atoms with Crippen molar-refractivity contribution in [1.82, 2.24) is 34.6 Å². The Labute approximate surface area is 231 Å². The summed E-state index contributed by atoms with van der Waals surface area (Å²) in [6, 6.07) is 9.41. The van der Waals surface area contributed by atoms with Gasteiger partial charge in [0.25, 0.3) is 0 Å². The Morgan fingerprint density at radius 1 is 1.00 bits per heavy atom. The van der Waals surface area contributed by atoms with Gasteiger partial charge in [-0.15, -0.1) is 0 Å². The van der Waals surface area contributed by atoms with E-state index in [0.29, 0.717) is 25.7 Å². The van der Waals surface area contributed by atoms with E-state index in [1.165, 1.54) is 11.1 Å². The van der Waals surface area contributed by atoms with Gasteiger partial charge in [-0.25, -0.2) is 9.97 Å². The van der Waals surface area contributed by atoms with E-state index in [4.69, 9.17) is 0 Å². The number of piperidine rings is 1. The van der Waals surface area contributed by atoms with Crippen LogP contribution in [0, 0.1) is 11.3 Å². The summed E-state index contributed by atoms with van der Waals surface area (Å²) in [5, 5.41) is 10.1. The highest BCUT2D eigenvalue weighted by Gasteiger charge is 2.51. The minimum absolute atomic E-state index is 0.105. The van der Waals surface area contributed by atoms with Gasteiger partial charge in [0.15, 0.2) is 0 Å². The highest BCUT2D eigenvalue weighted by molar-refractivity contribution is 5.72. The number of nitrogens with one attached hydrogen (secondary N) is 2. The summed E-state index contributed by atoms with van der Waals surface area (Å²) >= 11 is 0. The van der Waals surface area contributed by atoms with Crippen LogP contribution in [-0.2, 0) is 31.0 Å². The van der Waals surface area contributed by atoms with Crippen LogP contribution in [0.3, 0.4) is 0 Å². The Morgan fingerprint density at radius 2 is 1.59 bits per heavy atom. The van der Waals surface area contributed by atoms with E-state index in [1.807, 2.05) is 12.4 Å². The van der Waals surface area contributed by atoms with E-state index >= 15 is 0 Å². The van der Waals surface area contributed by atoms with Crippen LogP contribution in [-0.4, -0.2) is 77.9 Å². The lowest BCUT2D eigenvalue weighted by atomic mass is 9.70. The number of carbonyl (C=O) groups is 1. The summed E-state index contributed by atoms with van der Waals surface area (Å²) in [5.41, 5.74) is 2.36. The lowest BCUT2D eigenvalue weighted by Crippen LogP contribution is -2.49. The number of H-pyrrole nitrogens is 2. The van der Waals surface area contributed by atoms with Crippen LogP contribution in [0.1, 0.15) is 62.3 Å². The maximum atomic E-state index is 12.3. The largest absolute Gasteiger partial charge is 0.481 e. The highest BCUT2D eigenvalue weighted by atomic mass is 16.4. The van der Waals surface area contributed by atoms with Crippen molar-refractivity contribution in [1.29, 1.82) is 0 Å². The van der Waals surface area contributed by atoms with Crippen molar-refractivity contribution in [3.05, 3.63) is 71.8 Å². The molecule has 3 aromatic rings. The van der Waals surface area contributed by atoms with E-state index in [-0.39, 0.29) is 11.3 Å². The van der Waals surface area contributed by atoms with Crippen LogP contribution in [0.5, 0.6) is 0 Å². The van der Waals surface area contributed by atoms with E-state index < -0.39 is 5.97 Å². The van der Waals surface area contributed by atoms with Crippen molar-refractivity contribution >= 4 is 5.97 Å². The second-order valence-electron chi connectivity index (χ2n) is 11.5. The van der Waals surface area contributed by atoms with Crippen LogP contribution < -0.4 is 0 Å². The van der Waals surface area contributed by atoms with Gasteiger partial charge in [0.05, 0.1) is 19.0 Å². The molecule has 5 rings (SSSR count). The lowest BCUT2D eigenvalue weighted by Gasteiger charge is -2.44. The first kappa shape index (κ1) is 27.6. The van der Waals surface area contributed by atoms with Gasteiger partial charge in [-0.1, -0.05) is 38.1 Å². The van der Waals surface area contributed by atoms with Crippen molar-refractivity contribution in [2.45, 2.75) is 71.8 Å². The molecule has 1 aromatic carbocycles. The molecule has 2 saturated heterocycles. The second-order valence-corrected chi connectivity index (χ2v) is 11.5. The molecule has 9 nitrogen and oxygen atoms in total. The second kappa shape index (κ2) is 12.4. The zero-order chi connectivity index (χ0) is 27.2. The fraction of sp³-hybridized carbons (Fsp3) is 0.567. The number of carboxylic acids is 1. The number of imidazole rings is 2. The minimum atomic E-state index is -0.628. The number of carboxylic acid groups (broad SMARTS) is 1. The molecular formula is C30H43N7O2. The molecule has 2 aromatic heterocycles. The Kier molecular flexibility index (Phi) is 8.79. The topological polar surface area (TPSA) is 104 Å². The number of aromatic nitrogens is 4. The van der Waals surface area contributed by atoms with Gasteiger partial charge >= 0.3 is 5.97 Å². The standard InChI is InChI=1S/C30H43N7O2/c1-3-25(4-2)37-15-9-30(10-16-37)22-36(19-26(30)29(38)39)18-24-7-5-23(6-8-24)17-35(20-27-31-11-12-32-27)21-28-33-13-14-34-28/h5-8,11-14,25-26H,3-4,9-10,15-22H2,1-2H3,(H,31,32)(H,33,34)(H,38,39). The van der Waals surface area contributed by atoms with Gasteiger partial charge in [-0.05, 0) is 49.9 Å². The average Bonchev–Trinajstić information content (AvgIpc) is 3.70. The number of hydrogen-bond acceptors (Lipinski definition) is 6. The molecule has 9 heteroatoms.